The van der Waals surface area contributed by atoms with E-state index in [1.165, 1.54) is 49.9 Å². The Kier molecular flexibility index (Phi) is 11.4. The fraction of sp³-hybridized carbons (Fsp3) is 0.380. The third-order valence-electron chi connectivity index (χ3n) is 14.2. The van der Waals surface area contributed by atoms with Crippen LogP contribution in [0.4, 0.5) is 0 Å². The van der Waals surface area contributed by atoms with Gasteiger partial charge in [-0.05, 0) is 147 Å². The third-order valence-corrected chi connectivity index (χ3v) is 14.2. The Balaban J connectivity index is 0.000000165. The van der Waals surface area contributed by atoms with Crippen LogP contribution in [0.15, 0.2) is 40.1 Å². The molecule has 2 aromatic carbocycles. The van der Waals surface area contributed by atoms with Gasteiger partial charge < -0.3 is 23.7 Å². The number of halogens is 2. The van der Waals surface area contributed by atoms with Crippen molar-refractivity contribution in [3.63, 3.8) is 0 Å². The van der Waals surface area contributed by atoms with E-state index in [-0.39, 0.29) is 23.6 Å². The summed E-state index contributed by atoms with van der Waals surface area (Å²) in [7, 11) is 0. The number of aromatic nitrogens is 4. The molecule has 12 heteroatoms. The molecule has 8 heterocycles. The molecule has 1 N–H and O–H groups in total. The van der Waals surface area contributed by atoms with Crippen LogP contribution in [0.3, 0.4) is 0 Å². The highest BCUT2D eigenvalue weighted by Crippen LogP contribution is 2.43. The van der Waals surface area contributed by atoms with Crippen LogP contribution in [0.2, 0.25) is 0 Å². The summed E-state index contributed by atoms with van der Waals surface area (Å²) in [5.74, 6) is -0.860. The highest BCUT2D eigenvalue weighted by atomic mass is 128. The van der Waals surface area contributed by atoms with Crippen molar-refractivity contribution in [1.29, 1.82) is 0 Å². The van der Waals surface area contributed by atoms with E-state index in [1.807, 2.05) is 10.8 Å². The zero-order valence-corrected chi connectivity index (χ0v) is 41.7. The third kappa shape index (κ3) is 6.42. The molecule has 6 aromatic rings. The van der Waals surface area contributed by atoms with Crippen molar-refractivity contribution in [1.82, 2.24) is 19.1 Å². The van der Waals surface area contributed by atoms with E-state index in [2.05, 4.69) is 125 Å². The number of pyridine rings is 4. The van der Waals surface area contributed by atoms with Gasteiger partial charge in [-0.15, -0.1) is 0 Å². The van der Waals surface area contributed by atoms with Gasteiger partial charge in [0.25, 0.3) is 11.1 Å². The smallest absolute Gasteiger partial charge is 0.343 e. The Morgan fingerprint density at radius 3 is 1.61 bits per heavy atom. The molecule has 0 bridgehead atoms. The minimum Gasteiger partial charge on any atom is -0.496 e. The van der Waals surface area contributed by atoms with E-state index in [0.29, 0.717) is 36.5 Å². The summed E-state index contributed by atoms with van der Waals surface area (Å²) in [5, 5.41) is 13.6. The highest BCUT2D eigenvalue weighted by molar-refractivity contribution is 15.0. The molecule has 0 saturated carbocycles. The topological polar surface area (TPSA) is 126 Å². The zero-order chi connectivity index (χ0) is 45.0. The maximum Gasteiger partial charge on any atom is 0.343 e. The molecule has 0 fully saturated rings. The zero-order valence-electron chi connectivity index (χ0n) is 37.4. The minimum atomic E-state index is -1.85. The van der Waals surface area contributed by atoms with Crippen molar-refractivity contribution in [3.05, 3.63) is 129 Å². The number of hydrogen-bond donors (Lipinski definition) is 1. The van der Waals surface area contributed by atoms with Crippen LogP contribution in [0.25, 0.3) is 50.2 Å². The van der Waals surface area contributed by atoms with Gasteiger partial charge in [0.15, 0.2) is 5.60 Å². The number of esters is 1. The predicted octanol–water partition coefficient (Wildman–Crippen LogP) is 10.5. The number of hydrogen-bond acceptors (Lipinski definition) is 8. The largest absolute Gasteiger partial charge is 0.496 e. The molecule has 0 unspecified atom stereocenters. The summed E-state index contributed by atoms with van der Waals surface area (Å²) in [4.78, 5) is 49.3. The number of rotatable bonds is 2. The molecule has 62 heavy (non-hydrogen) atoms. The SMILES string of the molecule is Cc1cc2nc3c(c(C)c2c(C)c1C)Cn1c-3cc2c(c1=O)COC(=O)[C@]2(O)C(C)C.Cc1cc2nc3c(c(C)c2c(C)c1C)Cn1c-3cc2c(c1=O)COC=C2C(C)C.II. The number of fused-ring (bicyclic) bond motifs is 10. The number of ether oxygens (including phenoxy) is 2. The average molecular weight is 1060 g/mol. The van der Waals surface area contributed by atoms with E-state index in [0.717, 1.165) is 61.3 Å². The molecule has 0 saturated heterocycles. The Labute approximate surface area is 385 Å². The number of aryl methyl sites for hydroxylation is 6. The van der Waals surface area contributed by atoms with Crippen LogP contribution in [0.1, 0.15) is 106 Å². The highest BCUT2D eigenvalue weighted by Gasteiger charge is 2.49. The molecule has 0 spiro atoms. The molecular formula is C50H52I2N4O6. The first-order chi connectivity index (χ1) is 29.4. The summed E-state index contributed by atoms with van der Waals surface area (Å²) < 4.78 is 14.4. The van der Waals surface area contributed by atoms with E-state index >= 15 is 0 Å². The van der Waals surface area contributed by atoms with Crippen LogP contribution < -0.4 is 11.1 Å². The molecule has 10 rings (SSSR count). The normalized spacial score (nSPS) is 16.6. The van der Waals surface area contributed by atoms with Gasteiger partial charge in [0.2, 0.25) is 0 Å². The molecule has 4 aliphatic rings. The fourth-order valence-corrected chi connectivity index (χ4v) is 10.00. The second-order valence-corrected chi connectivity index (χ2v) is 18.0. The maximum absolute atomic E-state index is 13.4. The maximum atomic E-state index is 13.4. The standard InChI is InChI=1S/C25H26N2O4.C25H26N2O2.I2/c1-11(2)25(30)18-8-20-22-16(9-27(20)23(28)17(18)10-31-24(25)29)15(6)21-14(5)13(4)12(3)7-19(21)26-22;1-12(2)19-10-29-11-20-17(19)8-22-24-18(9-27(22)25(20)28)16(6)23-15(5)14(4)13(3)7-21(23)26-24;1-2/h7-8,11,30H,9-10H2,1-6H3;7-8,10,12H,9,11H2,1-6H3;/t25-;;/m0../s1. The van der Waals surface area contributed by atoms with E-state index in [9.17, 15) is 19.5 Å². The van der Waals surface area contributed by atoms with Crippen LogP contribution in [-0.2, 0) is 46.2 Å². The number of carbonyl (C=O) groups excluding carboxylic acids is 1. The van der Waals surface area contributed by atoms with Crippen molar-refractivity contribution in [2.24, 2.45) is 11.8 Å². The lowest BCUT2D eigenvalue weighted by atomic mass is 9.79. The summed E-state index contributed by atoms with van der Waals surface area (Å²) >= 11 is 4.24. The van der Waals surface area contributed by atoms with Crippen molar-refractivity contribution in [3.8, 4) is 22.8 Å². The fourth-order valence-electron chi connectivity index (χ4n) is 10.00. The molecule has 0 amide bonds. The number of aliphatic hydroxyl groups is 1. The average Bonchev–Trinajstić information content (AvgIpc) is 3.80. The first kappa shape index (κ1) is 44.2. The number of carbonyl (C=O) groups is 1. The molecule has 322 valence electrons. The lowest BCUT2D eigenvalue weighted by Gasteiger charge is -2.35. The van der Waals surface area contributed by atoms with Crippen molar-refractivity contribution in [2.45, 2.75) is 115 Å². The van der Waals surface area contributed by atoms with Crippen LogP contribution >= 0.6 is 37.2 Å². The molecule has 10 nitrogen and oxygen atoms in total. The molecule has 0 radical (unpaired) electrons. The second kappa shape index (κ2) is 16.0. The van der Waals surface area contributed by atoms with Gasteiger partial charge in [-0.25, -0.2) is 14.8 Å². The Morgan fingerprint density at radius 1 is 0.645 bits per heavy atom. The Morgan fingerprint density at radius 2 is 1.13 bits per heavy atom. The summed E-state index contributed by atoms with van der Waals surface area (Å²) in [6.07, 6.45) is 1.81. The molecule has 1 atom stereocenters. The van der Waals surface area contributed by atoms with Gasteiger partial charge in [-0.3, -0.25) is 9.59 Å². The van der Waals surface area contributed by atoms with E-state index in [1.54, 1.807) is 24.5 Å². The summed E-state index contributed by atoms with van der Waals surface area (Å²) in [6.45, 7) is 26.0. The second-order valence-electron chi connectivity index (χ2n) is 18.0. The molecular weight excluding hydrogens is 1010 g/mol. The number of nitrogens with zero attached hydrogens (tertiary/aromatic N) is 4. The first-order valence-electron chi connectivity index (χ1n) is 21.1. The number of allylic oxidation sites excluding steroid dienone is 1. The number of cyclic esters (lactones) is 1. The molecule has 4 aromatic heterocycles. The first-order valence-corrected chi connectivity index (χ1v) is 27.4. The van der Waals surface area contributed by atoms with Crippen LogP contribution in [0, 0.1) is 67.2 Å². The lowest BCUT2D eigenvalue weighted by Crippen LogP contribution is -2.48. The predicted molar refractivity (Wildman–Crippen MR) is 263 cm³/mol. The van der Waals surface area contributed by atoms with Crippen molar-refractivity contribution < 1.29 is 19.4 Å². The van der Waals surface area contributed by atoms with Gasteiger partial charge in [0.1, 0.15) is 13.2 Å². The summed E-state index contributed by atoms with van der Waals surface area (Å²) in [6, 6.07) is 8.20. The van der Waals surface area contributed by atoms with E-state index < -0.39 is 17.5 Å². The van der Waals surface area contributed by atoms with Crippen LogP contribution in [-0.4, -0.2) is 30.2 Å². The lowest BCUT2D eigenvalue weighted by molar-refractivity contribution is -0.177. The Hall–Kier alpha value is -4.41. The Bertz CT molecular complexity index is 3120. The minimum absolute atomic E-state index is 0.0503. The van der Waals surface area contributed by atoms with Gasteiger partial charge in [0.05, 0.1) is 64.3 Å². The van der Waals surface area contributed by atoms with Crippen molar-refractivity contribution in [2.75, 3.05) is 0 Å². The van der Waals surface area contributed by atoms with Gasteiger partial charge in [-0.2, -0.15) is 0 Å². The van der Waals surface area contributed by atoms with Gasteiger partial charge >= 0.3 is 5.97 Å². The summed E-state index contributed by atoms with van der Waals surface area (Å²) in [5.41, 5.74) is 18.7. The number of benzene rings is 2. The van der Waals surface area contributed by atoms with Gasteiger partial charge in [0, 0.05) is 64.7 Å². The molecule has 0 aliphatic carbocycles. The molecule has 4 aliphatic heterocycles. The van der Waals surface area contributed by atoms with Gasteiger partial charge in [-0.1, -0.05) is 27.7 Å². The van der Waals surface area contributed by atoms with Crippen LogP contribution in [0.5, 0.6) is 0 Å². The monoisotopic (exact) mass is 1060 g/mol. The van der Waals surface area contributed by atoms with Crippen molar-refractivity contribution >= 4 is 70.6 Å². The quantitative estimate of drug-likeness (QED) is 0.134. The van der Waals surface area contributed by atoms with E-state index in [4.69, 9.17) is 19.4 Å².